The first-order valence-corrected chi connectivity index (χ1v) is 8.40. The molecular formula is C19H23N5O. The van der Waals surface area contributed by atoms with E-state index in [1.165, 1.54) is 0 Å². The Bertz CT molecular complexity index is 857. The summed E-state index contributed by atoms with van der Waals surface area (Å²) in [4.78, 5) is 13.2. The van der Waals surface area contributed by atoms with Crippen molar-refractivity contribution in [3.8, 4) is 17.1 Å². The Morgan fingerprint density at radius 2 is 2.00 bits per heavy atom. The van der Waals surface area contributed by atoms with Crippen LogP contribution in [0.1, 0.15) is 25.2 Å². The third-order valence-corrected chi connectivity index (χ3v) is 3.81. The van der Waals surface area contributed by atoms with Crippen LogP contribution >= 0.6 is 0 Å². The molecule has 0 saturated heterocycles. The highest BCUT2D eigenvalue weighted by atomic mass is 16.3. The molecule has 2 heterocycles. The second-order valence-electron chi connectivity index (χ2n) is 6.52. The summed E-state index contributed by atoms with van der Waals surface area (Å²) in [6, 6.07) is 8.98. The molecule has 1 aromatic carbocycles. The second kappa shape index (κ2) is 7.34. The lowest BCUT2D eigenvalue weighted by molar-refractivity contribution is 0.477. The van der Waals surface area contributed by atoms with Crippen molar-refractivity contribution in [3.05, 3.63) is 54.2 Å². The Labute approximate surface area is 147 Å². The Kier molecular flexibility index (Phi) is 4.97. The van der Waals surface area contributed by atoms with Crippen molar-refractivity contribution in [1.82, 2.24) is 19.5 Å². The SMILES string of the molecule is Cc1cc(NCc2cncn2CC(C)C)nc(-c2ccccc2O)n1. The lowest BCUT2D eigenvalue weighted by Crippen LogP contribution is -2.11. The van der Waals surface area contributed by atoms with Crippen LogP contribution in [0.5, 0.6) is 5.75 Å². The standard InChI is InChI=1S/C19H23N5O/c1-13(2)11-24-12-20-9-15(24)10-21-18-8-14(3)22-19(23-18)16-6-4-5-7-17(16)25/h4-9,12-13,25H,10-11H2,1-3H3,(H,21,22,23). The quantitative estimate of drug-likeness (QED) is 0.718. The van der Waals surface area contributed by atoms with Gasteiger partial charge in [0.2, 0.25) is 0 Å². The van der Waals surface area contributed by atoms with Crippen LogP contribution in [-0.4, -0.2) is 24.6 Å². The van der Waals surface area contributed by atoms with E-state index in [1.807, 2.05) is 37.6 Å². The number of imidazole rings is 1. The predicted molar refractivity (Wildman–Crippen MR) is 98.3 cm³/mol. The summed E-state index contributed by atoms with van der Waals surface area (Å²) in [5.41, 5.74) is 2.57. The molecule has 0 amide bonds. The maximum atomic E-state index is 10.0. The number of aromatic nitrogens is 4. The first-order chi connectivity index (χ1) is 12.0. The molecule has 0 aliphatic heterocycles. The van der Waals surface area contributed by atoms with E-state index in [2.05, 4.69) is 38.7 Å². The molecule has 3 aromatic rings. The van der Waals surface area contributed by atoms with Gasteiger partial charge in [0.25, 0.3) is 0 Å². The van der Waals surface area contributed by atoms with Crippen LogP contribution in [0.15, 0.2) is 42.9 Å². The van der Waals surface area contributed by atoms with Crippen molar-refractivity contribution in [3.63, 3.8) is 0 Å². The number of rotatable bonds is 6. The van der Waals surface area contributed by atoms with Crippen LogP contribution in [0.25, 0.3) is 11.4 Å². The van der Waals surface area contributed by atoms with E-state index in [9.17, 15) is 5.11 Å². The largest absolute Gasteiger partial charge is 0.507 e. The lowest BCUT2D eigenvalue weighted by atomic mass is 10.2. The molecule has 0 fully saturated rings. The van der Waals surface area contributed by atoms with Crippen molar-refractivity contribution in [2.24, 2.45) is 5.92 Å². The van der Waals surface area contributed by atoms with Gasteiger partial charge in [-0.2, -0.15) is 0 Å². The van der Waals surface area contributed by atoms with Gasteiger partial charge in [0.1, 0.15) is 11.6 Å². The summed E-state index contributed by atoms with van der Waals surface area (Å²) in [7, 11) is 0. The van der Waals surface area contributed by atoms with E-state index in [0.717, 1.165) is 23.8 Å². The molecule has 0 radical (unpaired) electrons. The van der Waals surface area contributed by atoms with E-state index in [4.69, 9.17) is 0 Å². The summed E-state index contributed by atoms with van der Waals surface area (Å²) in [6.45, 7) is 7.85. The molecule has 0 saturated carbocycles. The van der Waals surface area contributed by atoms with Gasteiger partial charge in [0.05, 0.1) is 24.1 Å². The van der Waals surface area contributed by atoms with Crippen molar-refractivity contribution in [2.45, 2.75) is 33.9 Å². The minimum absolute atomic E-state index is 0.175. The molecular weight excluding hydrogens is 314 g/mol. The first-order valence-electron chi connectivity index (χ1n) is 8.40. The molecule has 2 N–H and O–H groups in total. The zero-order valence-electron chi connectivity index (χ0n) is 14.8. The highest BCUT2D eigenvalue weighted by molar-refractivity contribution is 5.64. The van der Waals surface area contributed by atoms with Crippen molar-refractivity contribution in [1.29, 1.82) is 0 Å². The van der Waals surface area contributed by atoms with Crippen LogP contribution < -0.4 is 5.32 Å². The Morgan fingerprint density at radius 1 is 1.20 bits per heavy atom. The maximum Gasteiger partial charge on any atom is 0.165 e. The van der Waals surface area contributed by atoms with E-state index >= 15 is 0 Å². The second-order valence-corrected chi connectivity index (χ2v) is 6.52. The van der Waals surface area contributed by atoms with E-state index in [0.29, 0.717) is 23.9 Å². The summed E-state index contributed by atoms with van der Waals surface area (Å²) in [5, 5.41) is 13.4. The van der Waals surface area contributed by atoms with Gasteiger partial charge >= 0.3 is 0 Å². The molecule has 0 spiro atoms. The Balaban J connectivity index is 1.80. The fourth-order valence-corrected chi connectivity index (χ4v) is 2.68. The van der Waals surface area contributed by atoms with Crippen LogP contribution in [0.3, 0.4) is 0 Å². The summed E-state index contributed by atoms with van der Waals surface area (Å²) < 4.78 is 2.15. The normalized spacial score (nSPS) is 11.0. The number of aryl methyl sites for hydroxylation is 1. The fourth-order valence-electron chi connectivity index (χ4n) is 2.68. The summed E-state index contributed by atoms with van der Waals surface area (Å²) in [6.07, 6.45) is 3.73. The smallest absolute Gasteiger partial charge is 0.165 e. The van der Waals surface area contributed by atoms with Gasteiger partial charge < -0.3 is 15.0 Å². The first kappa shape index (κ1) is 17.0. The Hall–Kier alpha value is -2.89. The number of hydrogen-bond donors (Lipinski definition) is 2. The molecule has 0 unspecified atom stereocenters. The molecule has 3 rings (SSSR count). The zero-order chi connectivity index (χ0) is 17.8. The van der Waals surface area contributed by atoms with Crippen LogP contribution in [-0.2, 0) is 13.1 Å². The molecule has 0 bridgehead atoms. The number of aromatic hydroxyl groups is 1. The van der Waals surface area contributed by atoms with Crippen LogP contribution in [0.2, 0.25) is 0 Å². The number of para-hydroxylation sites is 1. The van der Waals surface area contributed by atoms with E-state index in [1.54, 1.807) is 12.1 Å². The number of nitrogens with one attached hydrogen (secondary N) is 1. The van der Waals surface area contributed by atoms with Crippen molar-refractivity contribution >= 4 is 5.82 Å². The minimum Gasteiger partial charge on any atom is -0.507 e. The molecule has 25 heavy (non-hydrogen) atoms. The van der Waals surface area contributed by atoms with Gasteiger partial charge in [-0.1, -0.05) is 26.0 Å². The van der Waals surface area contributed by atoms with Gasteiger partial charge in [-0.05, 0) is 25.0 Å². The fraction of sp³-hybridized carbons (Fsp3) is 0.316. The Morgan fingerprint density at radius 3 is 2.76 bits per heavy atom. The van der Waals surface area contributed by atoms with E-state index < -0.39 is 0 Å². The van der Waals surface area contributed by atoms with Crippen LogP contribution in [0, 0.1) is 12.8 Å². The van der Waals surface area contributed by atoms with Gasteiger partial charge in [-0.15, -0.1) is 0 Å². The highest BCUT2D eigenvalue weighted by Gasteiger charge is 2.10. The minimum atomic E-state index is 0.175. The summed E-state index contributed by atoms with van der Waals surface area (Å²) in [5.74, 6) is 1.97. The third kappa shape index (κ3) is 4.15. The predicted octanol–water partition coefficient (Wildman–Crippen LogP) is 3.62. The topological polar surface area (TPSA) is 75.9 Å². The van der Waals surface area contributed by atoms with E-state index in [-0.39, 0.29) is 5.75 Å². The molecule has 6 heteroatoms. The number of anilines is 1. The average molecular weight is 337 g/mol. The van der Waals surface area contributed by atoms with Crippen molar-refractivity contribution < 1.29 is 5.11 Å². The monoisotopic (exact) mass is 337 g/mol. The number of phenols is 1. The highest BCUT2D eigenvalue weighted by Crippen LogP contribution is 2.26. The molecule has 0 aliphatic carbocycles. The van der Waals surface area contributed by atoms with Crippen LogP contribution in [0.4, 0.5) is 5.82 Å². The number of hydrogen-bond acceptors (Lipinski definition) is 5. The van der Waals surface area contributed by atoms with Gasteiger partial charge in [-0.25, -0.2) is 15.0 Å². The summed E-state index contributed by atoms with van der Waals surface area (Å²) >= 11 is 0. The third-order valence-electron chi connectivity index (χ3n) is 3.81. The van der Waals surface area contributed by atoms with Crippen molar-refractivity contribution in [2.75, 3.05) is 5.32 Å². The van der Waals surface area contributed by atoms with Gasteiger partial charge in [0, 0.05) is 24.5 Å². The maximum absolute atomic E-state index is 10.0. The molecule has 6 nitrogen and oxygen atoms in total. The molecule has 2 aromatic heterocycles. The van der Waals surface area contributed by atoms with Gasteiger partial charge in [-0.3, -0.25) is 0 Å². The molecule has 130 valence electrons. The molecule has 0 aliphatic rings. The zero-order valence-corrected chi connectivity index (χ0v) is 14.8. The number of phenolic OH excluding ortho intramolecular Hbond substituents is 1. The molecule has 0 atom stereocenters. The van der Waals surface area contributed by atoms with Gasteiger partial charge in [0.15, 0.2) is 5.82 Å². The number of benzene rings is 1. The average Bonchev–Trinajstić information content (AvgIpc) is 2.99. The lowest BCUT2D eigenvalue weighted by Gasteiger charge is -2.12. The number of nitrogens with zero attached hydrogens (tertiary/aromatic N) is 4.